The van der Waals surface area contributed by atoms with E-state index in [0.29, 0.717) is 6.61 Å². The maximum atomic E-state index is 11.3. The Bertz CT molecular complexity index is 407. The van der Waals surface area contributed by atoms with E-state index < -0.39 is 0 Å². The van der Waals surface area contributed by atoms with Gasteiger partial charge in [0.15, 0.2) is 0 Å². The van der Waals surface area contributed by atoms with Crippen LogP contribution < -0.4 is 4.74 Å². The Kier molecular flexibility index (Phi) is 2.51. The fourth-order valence-corrected chi connectivity index (χ4v) is 1.92. The topological polar surface area (TPSA) is 26.3 Å². The maximum absolute atomic E-state index is 11.3. The van der Waals surface area contributed by atoms with Crippen LogP contribution in [0.3, 0.4) is 0 Å². The monoisotopic (exact) mass is 204 g/mol. The molecule has 1 heterocycles. The number of benzene rings is 1. The Hall–Kier alpha value is -1.31. The van der Waals surface area contributed by atoms with Crippen molar-refractivity contribution in [3.63, 3.8) is 0 Å². The van der Waals surface area contributed by atoms with Crippen LogP contribution in [0.25, 0.3) is 0 Å². The van der Waals surface area contributed by atoms with Crippen molar-refractivity contribution in [1.29, 1.82) is 0 Å². The predicted octanol–water partition coefficient (Wildman–Crippen LogP) is 2.44. The van der Waals surface area contributed by atoms with Crippen molar-refractivity contribution in [3.05, 3.63) is 28.8 Å². The summed E-state index contributed by atoms with van der Waals surface area (Å²) in [4.78, 5) is 11.3. The molecular weight excluding hydrogens is 188 g/mol. The molecule has 0 aliphatic carbocycles. The average molecular weight is 204 g/mol. The fourth-order valence-electron chi connectivity index (χ4n) is 1.92. The molecule has 0 amide bonds. The van der Waals surface area contributed by atoms with Crippen LogP contribution in [0.15, 0.2) is 12.1 Å². The van der Waals surface area contributed by atoms with Crippen LogP contribution in [0.1, 0.15) is 23.6 Å². The number of ether oxygens (including phenoxy) is 1. The van der Waals surface area contributed by atoms with Gasteiger partial charge in [-0.15, -0.1) is 0 Å². The number of fused-ring (bicyclic) bond motifs is 1. The lowest BCUT2D eigenvalue weighted by Gasteiger charge is -2.24. The van der Waals surface area contributed by atoms with Gasteiger partial charge in [0, 0.05) is 0 Å². The number of aryl methyl sites for hydroxylation is 2. The number of rotatable bonds is 1. The lowest BCUT2D eigenvalue weighted by atomic mass is 9.92. The van der Waals surface area contributed by atoms with E-state index >= 15 is 0 Å². The smallest absolute Gasteiger partial charge is 0.136 e. The molecule has 0 bridgehead atoms. The largest absolute Gasteiger partial charge is 0.493 e. The molecule has 80 valence electrons. The fraction of sp³-hybridized carbons (Fsp3) is 0.462. The van der Waals surface area contributed by atoms with Crippen LogP contribution in [-0.2, 0) is 11.2 Å². The number of carbonyl (C=O) groups is 1. The molecule has 1 aliphatic rings. The summed E-state index contributed by atoms with van der Waals surface area (Å²) in [5.74, 6) is 1.22. The van der Waals surface area contributed by atoms with Crippen LogP contribution in [-0.4, -0.2) is 12.4 Å². The van der Waals surface area contributed by atoms with E-state index in [0.717, 1.165) is 12.2 Å². The van der Waals surface area contributed by atoms with Gasteiger partial charge in [0.1, 0.15) is 11.5 Å². The Labute approximate surface area is 90.3 Å². The quantitative estimate of drug-likeness (QED) is 0.702. The first-order valence-corrected chi connectivity index (χ1v) is 5.31. The van der Waals surface area contributed by atoms with Gasteiger partial charge >= 0.3 is 0 Å². The molecule has 1 aromatic carbocycles. The molecule has 1 atom stereocenters. The van der Waals surface area contributed by atoms with Gasteiger partial charge < -0.3 is 4.74 Å². The van der Waals surface area contributed by atoms with Crippen molar-refractivity contribution in [1.82, 2.24) is 0 Å². The highest BCUT2D eigenvalue weighted by Crippen LogP contribution is 2.30. The van der Waals surface area contributed by atoms with Crippen LogP contribution >= 0.6 is 0 Å². The Morgan fingerprint density at radius 2 is 2.00 bits per heavy atom. The van der Waals surface area contributed by atoms with E-state index in [1.54, 1.807) is 6.92 Å². The van der Waals surface area contributed by atoms with Gasteiger partial charge in [0.05, 0.1) is 12.5 Å². The summed E-state index contributed by atoms with van der Waals surface area (Å²) >= 11 is 0. The van der Waals surface area contributed by atoms with Crippen LogP contribution in [0.2, 0.25) is 0 Å². The molecule has 1 aliphatic heterocycles. The van der Waals surface area contributed by atoms with Crippen LogP contribution in [0.4, 0.5) is 0 Å². The summed E-state index contributed by atoms with van der Waals surface area (Å²) < 4.78 is 5.61. The summed E-state index contributed by atoms with van der Waals surface area (Å²) in [6.07, 6.45) is 0.825. The van der Waals surface area contributed by atoms with Crippen molar-refractivity contribution in [2.24, 2.45) is 5.92 Å². The second kappa shape index (κ2) is 3.69. The third kappa shape index (κ3) is 1.89. The number of hydrogen-bond acceptors (Lipinski definition) is 2. The van der Waals surface area contributed by atoms with Crippen LogP contribution in [0.5, 0.6) is 5.75 Å². The normalized spacial score (nSPS) is 19.3. The molecular formula is C13H16O2. The molecule has 0 saturated carbocycles. The summed E-state index contributed by atoms with van der Waals surface area (Å²) in [6, 6.07) is 4.21. The van der Waals surface area contributed by atoms with Gasteiger partial charge in [-0.05, 0) is 49.9 Å². The minimum absolute atomic E-state index is 0.0413. The third-order valence-electron chi connectivity index (χ3n) is 3.16. The number of hydrogen-bond donors (Lipinski definition) is 0. The van der Waals surface area contributed by atoms with Crippen molar-refractivity contribution in [2.75, 3.05) is 6.61 Å². The highest BCUT2D eigenvalue weighted by molar-refractivity contribution is 5.79. The maximum Gasteiger partial charge on any atom is 0.136 e. The highest BCUT2D eigenvalue weighted by atomic mass is 16.5. The Morgan fingerprint density at radius 1 is 1.33 bits per heavy atom. The molecule has 0 aromatic heterocycles. The zero-order valence-electron chi connectivity index (χ0n) is 9.46. The first-order valence-electron chi connectivity index (χ1n) is 5.31. The molecule has 2 heteroatoms. The van der Waals surface area contributed by atoms with Crippen molar-refractivity contribution in [2.45, 2.75) is 27.2 Å². The summed E-state index contributed by atoms with van der Waals surface area (Å²) in [7, 11) is 0. The van der Waals surface area contributed by atoms with Crippen molar-refractivity contribution < 1.29 is 9.53 Å². The van der Waals surface area contributed by atoms with Gasteiger partial charge in [-0.25, -0.2) is 0 Å². The predicted molar refractivity (Wildman–Crippen MR) is 59.3 cm³/mol. The molecule has 2 rings (SSSR count). The van der Waals surface area contributed by atoms with Crippen LogP contribution in [0, 0.1) is 19.8 Å². The van der Waals surface area contributed by atoms with Gasteiger partial charge in [-0.3, -0.25) is 4.79 Å². The van der Waals surface area contributed by atoms with Gasteiger partial charge in [-0.2, -0.15) is 0 Å². The van der Waals surface area contributed by atoms with E-state index in [1.165, 1.54) is 16.7 Å². The standard InChI is InChI=1S/C13H16O2/c1-8-4-11-6-12(10(3)14)7-15-13(11)5-9(8)2/h4-5,12H,6-7H2,1-3H3. The zero-order valence-corrected chi connectivity index (χ0v) is 9.46. The lowest BCUT2D eigenvalue weighted by Crippen LogP contribution is -2.26. The van der Waals surface area contributed by atoms with E-state index in [4.69, 9.17) is 4.74 Å². The first kappa shape index (κ1) is 10.2. The SMILES string of the molecule is CC(=O)C1COc2cc(C)c(C)cc2C1. The molecule has 0 N–H and O–H groups in total. The minimum Gasteiger partial charge on any atom is -0.493 e. The second-order valence-electron chi connectivity index (χ2n) is 4.37. The van der Waals surface area contributed by atoms with E-state index in [9.17, 15) is 4.79 Å². The van der Waals surface area contributed by atoms with E-state index in [2.05, 4.69) is 26.0 Å². The summed E-state index contributed by atoms with van der Waals surface area (Å²) in [5.41, 5.74) is 3.68. The first-order chi connectivity index (χ1) is 7.08. The molecule has 0 spiro atoms. The number of ketones is 1. The molecule has 2 nitrogen and oxygen atoms in total. The number of carbonyl (C=O) groups excluding carboxylic acids is 1. The second-order valence-corrected chi connectivity index (χ2v) is 4.37. The van der Waals surface area contributed by atoms with Crippen molar-refractivity contribution >= 4 is 5.78 Å². The molecule has 0 fully saturated rings. The summed E-state index contributed by atoms with van der Waals surface area (Å²) in [6.45, 7) is 6.34. The highest BCUT2D eigenvalue weighted by Gasteiger charge is 2.23. The average Bonchev–Trinajstić information content (AvgIpc) is 2.19. The molecule has 1 aromatic rings. The number of Topliss-reactive ketones (excluding diaryl/α,β-unsaturated/α-hetero) is 1. The zero-order chi connectivity index (χ0) is 11.0. The molecule has 0 radical (unpaired) electrons. The van der Waals surface area contributed by atoms with Crippen molar-refractivity contribution in [3.8, 4) is 5.75 Å². The van der Waals surface area contributed by atoms with E-state index in [-0.39, 0.29) is 11.7 Å². The molecule has 15 heavy (non-hydrogen) atoms. The third-order valence-corrected chi connectivity index (χ3v) is 3.16. The van der Waals surface area contributed by atoms with E-state index in [1.807, 2.05) is 0 Å². The lowest BCUT2D eigenvalue weighted by molar-refractivity contribution is -0.121. The molecule has 1 unspecified atom stereocenters. The van der Waals surface area contributed by atoms with Gasteiger partial charge in [0.25, 0.3) is 0 Å². The summed E-state index contributed by atoms with van der Waals surface area (Å²) in [5, 5.41) is 0. The van der Waals surface area contributed by atoms with Gasteiger partial charge in [-0.1, -0.05) is 6.07 Å². The van der Waals surface area contributed by atoms with Gasteiger partial charge in [0.2, 0.25) is 0 Å². The Morgan fingerprint density at radius 3 is 2.67 bits per heavy atom. The Balaban J connectivity index is 2.34. The minimum atomic E-state index is 0.0413. The molecule has 0 saturated heterocycles.